The minimum Gasteiger partial charge on any atom is -0.375 e. The Morgan fingerprint density at radius 1 is 0.889 bits per heavy atom. The molecule has 0 amide bonds. The first-order valence-electron chi connectivity index (χ1n) is 4.05. The van der Waals surface area contributed by atoms with Crippen molar-refractivity contribution in [3.8, 4) is 0 Å². The van der Waals surface area contributed by atoms with Crippen molar-refractivity contribution < 1.29 is 4.74 Å². The summed E-state index contributed by atoms with van der Waals surface area (Å²) in [6.45, 7) is 1.03. The number of hydrogen-bond acceptors (Lipinski definition) is 1. The lowest BCUT2D eigenvalue weighted by molar-refractivity contribution is 0.0381. The van der Waals surface area contributed by atoms with Gasteiger partial charge in [-0.15, -0.1) is 0 Å². The predicted octanol–water partition coefficient (Wildman–Crippen LogP) is 2.11. The molecule has 52 valence electrons. The van der Waals surface area contributed by atoms with Crippen LogP contribution in [0.15, 0.2) is 0 Å². The molecule has 2 fully saturated rings. The molecule has 1 spiro atoms. The van der Waals surface area contributed by atoms with E-state index in [9.17, 15) is 0 Å². The summed E-state index contributed by atoms with van der Waals surface area (Å²) in [7, 11) is 0. The molecule has 0 N–H and O–H groups in total. The maximum atomic E-state index is 5.70. The van der Waals surface area contributed by atoms with Crippen LogP contribution in [-0.2, 0) is 4.74 Å². The van der Waals surface area contributed by atoms with Gasteiger partial charge in [0.1, 0.15) is 0 Å². The van der Waals surface area contributed by atoms with Gasteiger partial charge in [-0.3, -0.25) is 0 Å². The van der Waals surface area contributed by atoms with Gasteiger partial charge in [0.2, 0.25) is 0 Å². The van der Waals surface area contributed by atoms with E-state index in [1.165, 1.54) is 38.5 Å². The molecule has 1 aliphatic heterocycles. The van der Waals surface area contributed by atoms with E-state index in [2.05, 4.69) is 0 Å². The Kier molecular flexibility index (Phi) is 1.26. The van der Waals surface area contributed by atoms with Gasteiger partial charge in [-0.1, -0.05) is 12.8 Å². The summed E-state index contributed by atoms with van der Waals surface area (Å²) >= 11 is 0. The molecule has 0 aromatic heterocycles. The molecule has 2 rings (SSSR count). The van der Waals surface area contributed by atoms with Crippen LogP contribution in [0.5, 0.6) is 0 Å². The van der Waals surface area contributed by atoms with Crippen LogP contribution in [0.4, 0.5) is 0 Å². The fourth-order valence-corrected chi connectivity index (χ4v) is 1.62. The highest BCUT2D eigenvalue weighted by atomic mass is 16.5. The molecule has 0 aromatic rings. The summed E-state index contributed by atoms with van der Waals surface area (Å²) in [5, 5.41) is 0. The Labute approximate surface area is 56.4 Å². The summed E-state index contributed by atoms with van der Waals surface area (Å²) in [5.41, 5.74) is 0.413. The van der Waals surface area contributed by atoms with Crippen LogP contribution in [0.3, 0.4) is 0 Å². The van der Waals surface area contributed by atoms with Crippen molar-refractivity contribution in [1.82, 2.24) is 0 Å². The molecule has 1 nitrogen and oxygen atoms in total. The zero-order valence-electron chi connectivity index (χ0n) is 5.86. The van der Waals surface area contributed by atoms with E-state index in [1.807, 2.05) is 0 Å². The molecule has 2 aliphatic rings. The molecule has 1 heteroatoms. The second-order valence-electron chi connectivity index (χ2n) is 3.34. The second kappa shape index (κ2) is 1.98. The highest BCUT2D eigenvalue weighted by Gasteiger charge is 2.43. The molecule has 0 radical (unpaired) electrons. The lowest BCUT2D eigenvalue weighted by Gasteiger charge is -2.10. The van der Waals surface area contributed by atoms with Gasteiger partial charge in [0, 0.05) is 6.61 Å². The molecular weight excluding hydrogens is 112 g/mol. The molecule has 0 unspecified atom stereocenters. The molecule has 0 atom stereocenters. The molecular formula is C8H14O. The summed E-state index contributed by atoms with van der Waals surface area (Å²) in [6.07, 6.45) is 8.11. The van der Waals surface area contributed by atoms with Gasteiger partial charge in [0.05, 0.1) is 5.60 Å². The van der Waals surface area contributed by atoms with Crippen molar-refractivity contribution >= 4 is 0 Å². The van der Waals surface area contributed by atoms with E-state index in [0.717, 1.165) is 6.61 Å². The standard InChI is InChI=1S/C8H14O/c1-2-4-8(5-6-8)9-7-3-1/h1-7H2. The molecule has 9 heavy (non-hydrogen) atoms. The smallest absolute Gasteiger partial charge is 0.0684 e. The van der Waals surface area contributed by atoms with E-state index in [1.54, 1.807) is 0 Å². The maximum absolute atomic E-state index is 5.70. The van der Waals surface area contributed by atoms with E-state index >= 15 is 0 Å². The van der Waals surface area contributed by atoms with Crippen molar-refractivity contribution in [1.29, 1.82) is 0 Å². The summed E-state index contributed by atoms with van der Waals surface area (Å²) < 4.78 is 5.70. The van der Waals surface area contributed by atoms with Gasteiger partial charge >= 0.3 is 0 Å². The van der Waals surface area contributed by atoms with Crippen LogP contribution >= 0.6 is 0 Å². The van der Waals surface area contributed by atoms with E-state index in [4.69, 9.17) is 4.74 Å². The third kappa shape index (κ3) is 1.11. The molecule has 0 bridgehead atoms. The van der Waals surface area contributed by atoms with Crippen LogP contribution in [0.25, 0.3) is 0 Å². The molecule has 1 saturated carbocycles. The van der Waals surface area contributed by atoms with Gasteiger partial charge in [0.15, 0.2) is 0 Å². The molecule has 1 aliphatic carbocycles. The van der Waals surface area contributed by atoms with Crippen molar-refractivity contribution in [3.05, 3.63) is 0 Å². The molecule has 1 saturated heterocycles. The maximum Gasteiger partial charge on any atom is 0.0684 e. The summed E-state index contributed by atoms with van der Waals surface area (Å²) in [4.78, 5) is 0. The molecule has 0 aromatic carbocycles. The summed E-state index contributed by atoms with van der Waals surface area (Å²) in [5.74, 6) is 0. The normalized spacial score (nSPS) is 32.0. The Hall–Kier alpha value is -0.0400. The summed E-state index contributed by atoms with van der Waals surface area (Å²) in [6, 6.07) is 0. The molecule has 1 heterocycles. The fraction of sp³-hybridized carbons (Fsp3) is 1.00. The highest BCUT2D eigenvalue weighted by Crippen LogP contribution is 2.45. The van der Waals surface area contributed by atoms with Crippen LogP contribution in [-0.4, -0.2) is 12.2 Å². The van der Waals surface area contributed by atoms with E-state index < -0.39 is 0 Å². The number of ether oxygens (including phenoxy) is 1. The van der Waals surface area contributed by atoms with E-state index in [0.29, 0.717) is 5.60 Å². The third-order valence-corrected chi connectivity index (χ3v) is 2.49. The lowest BCUT2D eigenvalue weighted by Crippen LogP contribution is -2.11. The van der Waals surface area contributed by atoms with Crippen LogP contribution in [0, 0.1) is 0 Å². The van der Waals surface area contributed by atoms with Crippen LogP contribution in [0.1, 0.15) is 38.5 Å². The Balaban J connectivity index is 1.92. The van der Waals surface area contributed by atoms with Gasteiger partial charge < -0.3 is 4.74 Å². The SMILES string of the molecule is C1CCOC2(CC1)CC2. The van der Waals surface area contributed by atoms with Gasteiger partial charge in [-0.05, 0) is 25.7 Å². The third-order valence-electron chi connectivity index (χ3n) is 2.49. The minimum absolute atomic E-state index is 0.413. The fourth-order valence-electron chi connectivity index (χ4n) is 1.62. The zero-order valence-corrected chi connectivity index (χ0v) is 5.86. The Morgan fingerprint density at radius 3 is 2.56 bits per heavy atom. The number of hydrogen-bond donors (Lipinski definition) is 0. The zero-order chi connectivity index (χ0) is 6.16. The average Bonchev–Trinajstić information content (AvgIpc) is 2.64. The van der Waals surface area contributed by atoms with Crippen LogP contribution < -0.4 is 0 Å². The van der Waals surface area contributed by atoms with Crippen molar-refractivity contribution in [3.63, 3.8) is 0 Å². The Morgan fingerprint density at radius 2 is 1.78 bits per heavy atom. The average molecular weight is 126 g/mol. The van der Waals surface area contributed by atoms with Crippen molar-refractivity contribution in [2.75, 3.05) is 6.61 Å². The monoisotopic (exact) mass is 126 g/mol. The first kappa shape index (κ1) is 5.72. The van der Waals surface area contributed by atoms with E-state index in [-0.39, 0.29) is 0 Å². The largest absolute Gasteiger partial charge is 0.375 e. The second-order valence-corrected chi connectivity index (χ2v) is 3.34. The predicted molar refractivity (Wildman–Crippen MR) is 36.4 cm³/mol. The van der Waals surface area contributed by atoms with Gasteiger partial charge in [0.25, 0.3) is 0 Å². The topological polar surface area (TPSA) is 9.23 Å². The van der Waals surface area contributed by atoms with Crippen molar-refractivity contribution in [2.24, 2.45) is 0 Å². The van der Waals surface area contributed by atoms with Crippen molar-refractivity contribution in [2.45, 2.75) is 44.1 Å². The number of rotatable bonds is 0. The highest BCUT2D eigenvalue weighted by molar-refractivity contribution is 4.96. The van der Waals surface area contributed by atoms with Crippen LogP contribution in [0.2, 0.25) is 0 Å². The quantitative estimate of drug-likeness (QED) is 0.483. The lowest BCUT2D eigenvalue weighted by atomic mass is 10.1. The van der Waals surface area contributed by atoms with Gasteiger partial charge in [-0.25, -0.2) is 0 Å². The first-order valence-corrected chi connectivity index (χ1v) is 4.05. The Bertz CT molecular complexity index is 95.1. The minimum atomic E-state index is 0.413. The first-order chi connectivity index (χ1) is 4.41. The van der Waals surface area contributed by atoms with Gasteiger partial charge in [-0.2, -0.15) is 0 Å².